The van der Waals surface area contributed by atoms with Crippen molar-refractivity contribution in [3.8, 4) is 0 Å². The number of ether oxygens (including phenoxy) is 1. The maximum atomic E-state index is 5.59. The summed E-state index contributed by atoms with van der Waals surface area (Å²) in [5.74, 6) is 0. The topological polar surface area (TPSA) is 65.4 Å². The summed E-state index contributed by atoms with van der Waals surface area (Å²) in [6.45, 7) is 0.666. The van der Waals surface area contributed by atoms with Crippen LogP contribution in [-0.2, 0) is 11.2 Å². The molecule has 2 aromatic heterocycles. The van der Waals surface area contributed by atoms with Crippen LogP contribution in [-0.4, -0.2) is 28.3 Å². The summed E-state index contributed by atoms with van der Waals surface area (Å²) in [5, 5.41) is 4.31. The summed E-state index contributed by atoms with van der Waals surface area (Å²) >= 11 is 0. The molecule has 0 spiro atoms. The van der Waals surface area contributed by atoms with E-state index in [0.717, 1.165) is 17.8 Å². The minimum atomic E-state index is 0.610. The average Bonchev–Trinajstić information content (AvgIpc) is 2.56. The molecule has 2 rings (SSSR count). The number of fused-ring (bicyclic) bond motifs is 1. The number of anilines is 1. The molecule has 0 aliphatic heterocycles. The van der Waals surface area contributed by atoms with Crippen LogP contribution in [0.1, 0.15) is 5.69 Å². The standard InChI is InChI=1S/C9H12N4O/c1-14-3-2-8-4-9-11-5-7(10)6-13(9)12-8/h4-6H,2-3,10H2,1H3. The Morgan fingerprint density at radius 3 is 3.21 bits per heavy atom. The third-order valence-corrected chi connectivity index (χ3v) is 1.95. The van der Waals surface area contributed by atoms with E-state index in [1.165, 1.54) is 0 Å². The first-order valence-electron chi connectivity index (χ1n) is 4.38. The zero-order chi connectivity index (χ0) is 9.97. The molecule has 0 saturated carbocycles. The van der Waals surface area contributed by atoms with Gasteiger partial charge in [-0.2, -0.15) is 5.10 Å². The first kappa shape index (κ1) is 8.96. The number of rotatable bonds is 3. The Kier molecular flexibility index (Phi) is 2.32. The van der Waals surface area contributed by atoms with Gasteiger partial charge in [-0.1, -0.05) is 0 Å². The third-order valence-electron chi connectivity index (χ3n) is 1.95. The minimum absolute atomic E-state index is 0.610. The van der Waals surface area contributed by atoms with Crippen molar-refractivity contribution in [1.82, 2.24) is 14.6 Å². The molecule has 2 heterocycles. The number of nitrogens with two attached hydrogens (primary N) is 1. The summed E-state index contributed by atoms with van der Waals surface area (Å²) < 4.78 is 6.65. The van der Waals surface area contributed by atoms with E-state index in [-0.39, 0.29) is 0 Å². The largest absolute Gasteiger partial charge is 0.396 e. The molecule has 2 N–H and O–H groups in total. The predicted molar refractivity (Wildman–Crippen MR) is 53.0 cm³/mol. The Morgan fingerprint density at radius 1 is 1.57 bits per heavy atom. The van der Waals surface area contributed by atoms with Crippen LogP contribution in [0.2, 0.25) is 0 Å². The van der Waals surface area contributed by atoms with Gasteiger partial charge < -0.3 is 10.5 Å². The summed E-state index contributed by atoms with van der Waals surface area (Å²) in [5.41, 5.74) is 7.97. The van der Waals surface area contributed by atoms with Crippen molar-refractivity contribution in [3.05, 3.63) is 24.2 Å². The maximum absolute atomic E-state index is 5.59. The number of nitrogen functional groups attached to an aromatic ring is 1. The minimum Gasteiger partial charge on any atom is -0.396 e. The number of methoxy groups -OCH3 is 1. The normalized spacial score (nSPS) is 10.9. The van der Waals surface area contributed by atoms with Crippen molar-refractivity contribution in [2.45, 2.75) is 6.42 Å². The quantitative estimate of drug-likeness (QED) is 0.769. The van der Waals surface area contributed by atoms with E-state index in [1.807, 2.05) is 6.07 Å². The zero-order valence-electron chi connectivity index (χ0n) is 7.97. The van der Waals surface area contributed by atoms with Crippen LogP contribution >= 0.6 is 0 Å². The van der Waals surface area contributed by atoms with Gasteiger partial charge >= 0.3 is 0 Å². The summed E-state index contributed by atoms with van der Waals surface area (Å²) in [4.78, 5) is 4.14. The van der Waals surface area contributed by atoms with E-state index in [4.69, 9.17) is 10.5 Å². The van der Waals surface area contributed by atoms with E-state index in [1.54, 1.807) is 24.0 Å². The van der Waals surface area contributed by atoms with Crippen LogP contribution in [0.5, 0.6) is 0 Å². The van der Waals surface area contributed by atoms with Crippen molar-refractivity contribution in [1.29, 1.82) is 0 Å². The van der Waals surface area contributed by atoms with Crippen molar-refractivity contribution in [2.24, 2.45) is 0 Å². The highest BCUT2D eigenvalue weighted by atomic mass is 16.5. The lowest BCUT2D eigenvalue weighted by atomic mass is 10.3. The molecule has 0 aromatic carbocycles. The van der Waals surface area contributed by atoms with Crippen LogP contribution in [0.3, 0.4) is 0 Å². The van der Waals surface area contributed by atoms with Gasteiger partial charge in [0.1, 0.15) is 0 Å². The zero-order valence-corrected chi connectivity index (χ0v) is 7.97. The van der Waals surface area contributed by atoms with E-state index < -0.39 is 0 Å². The molecular formula is C9H12N4O. The lowest BCUT2D eigenvalue weighted by Gasteiger charge is -1.93. The van der Waals surface area contributed by atoms with Gasteiger partial charge in [-0.25, -0.2) is 9.50 Å². The first-order chi connectivity index (χ1) is 6.79. The van der Waals surface area contributed by atoms with Gasteiger partial charge in [0, 0.05) is 19.6 Å². The van der Waals surface area contributed by atoms with E-state index in [2.05, 4.69) is 10.1 Å². The molecule has 74 valence electrons. The summed E-state index contributed by atoms with van der Waals surface area (Å²) in [6, 6.07) is 1.93. The van der Waals surface area contributed by atoms with Crippen LogP contribution in [0.25, 0.3) is 5.65 Å². The number of aromatic nitrogens is 3. The monoisotopic (exact) mass is 192 g/mol. The lowest BCUT2D eigenvalue weighted by Crippen LogP contribution is -1.96. The maximum Gasteiger partial charge on any atom is 0.155 e. The van der Waals surface area contributed by atoms with Crippen LogP contribution in [0, 0.1) is 0 Å². The molecule has 0 radical (unpaired) electrons. The summed E-state index contributed by atoms with van der Waals surface area (Å²) in [6.07, 6.45) is 4.16. The third kappa shape index (κ3) is 1.67. The molecule has 0 bridgehead atoms. The second kappa shape index (κ2) is 3.63. The molecule has 14 heavy (non-hydrogen) atoms. The number of hydrogen-bond donors (Lipinski definition) is 1. The molecular weight excluding hydrogens is 180 g/mol. The Morgan fingerprint density at radius 2 is 2.43 bits per heavy atom. The summed E-state index contributed by atoms with van der Waals surface area (Å²) in [7, 11) is 1.67. The van der Waals surface area contributed by atoms with Gasteiger partial charge in [-0.3, -0.25) is 0 Å². The fraction of sp³-hybridized carbons (Fsp3) is 0.333. The Labute approximate surface area is 81.5 Å². The molecule has 5 heteroatoms. The average molecular weight is 192 g/mol. The van der Waals surface area contributed by atoms with Crippen molar-refractivity contribution in [2.75, 3.05) is 19.5 Å². The van der Waals surface area contributed by atoms with Crippen molar-refractivity contribution < 1.29 is 4.74 Å². The molecule has 0 amide bonds. The van der Waals surface area contributed by atoms with Gasteiger partial charge in [0.15, 0.2) is 5.65 Å². The number of nitrogens with zero attached hydrogens (tertiary/aromatic N) is 3. The second-order valence-corrected chi connectivity index (χ2v) is 3.07. The fourth-order valence-corrected chi connectivity index (χ4v) is 1.27. The second-order valence-electron chi connectivity index (χ2n) is 3.07. The molecule has 2 aromatic rings. The van der Waals surface area contributed by atoms with Gasteiger partial charge in [-0.15, -0.1) is 0 Å². The van der Waals surface area contributed by atoms with Crippen LogP contribution in [0.4, 0.5) is 5.69 Å². The van der Waals surface area contributed by atoms with Gasteiger partial charge in [0.25, 0.3) is 0 Å². The smallest absolute Gasteiger partial charge is 0.155 e. The lowest BCUT2D eigenvalue weighted by molar-refractivity contribution is 0.201. The highest BCUT2D eigenvalue weighted by molar-refractivity contribution is 5.44. The number of hydrogen-bond acceptors (Lipinski definition) is 4. The molecule has 5 nitrogen and oxygen atoms in total. The van der Waals surface area contributed by atoms with Crippen molar-refractivity contribution in [3.63, 3.8) is 0 Å². The van der Waals surface area contributed by atoms with Crippen molar-refractivity contribution >= 4 is 11.3 Å². The van der Waals surface area contributed by atoms with Crippen LogP contribution in [0.15, 0.2) is 18.5 Å². The van der Waals surface area contributed by atoms with E-state index in [0.29, 0.717) is 12.3 Å². The molecule has 0 saturated heterocycles. The van der Waals surface area contributed by atoms with E-state index in [9.17, 15) is 0 Å². The highest BCUT2D eigenvalue weighted by Crippen LogP contribution is 2.06. The van der Waals surface area contributed by atoms with Gasteiger partial charge in [0.05, 0.1) is 30.4 Å². The highest BCUT2D eigenvalue weighted by Gasteiger charge is 2.01. The molecule has 0 aliphatic carbocycles. The SMILES string of the molecule is COCCc1cc2ncc(N)cn2n1. The fourth-order valence-electron chi connectivity index (χ4n) is 1.27. The van der Waals surface area contributed by atoms with Gasteiger partial charge in [-0.05, 0) is 0 Å². The van der Waals surface area contributed by atoms with E-state index >= 15 is 0 Å². The molecule has 0 atom stereocenters. The molecule has 0 aliphatic rings. The predicted octanol–water partition coefficient (Wildman–Crippen LogP) is 0.500. The first-order valence-corrected chi connectivity index (χ1v) is 4.38. The molecule has 0 fully saturated rings. The Hall–Kier alpha value is -1.62. The molecule has 0 unspecified atom stereocenters. The Bertz CT molecular complexity index is 437. The Balaban J connectivity index is 2.32. The van der Waals surface area contributed by atoms with Gasteiger partial charge in [0.2, 0.25) is 0 Å². The van der Waals surface area contributed by atoms with Crippen LogP contribution < -0.4 is 5.73 Å².